The molecular formula is C25H27NO3. The largest absolute Gasteiger partial charge is 0.497 e. The van der Waals surface area contributed by atoms with E-state index in [1.807, 2.05) is 30.3 Å². The Morgan fingerprint density at radius 2 is 1.62 bits per heavy atom. The van der Waals surface area contributed by atoms with Gasteiger partial charge < -0.3 is 15.2 Å². The molecule has 0 saturated heterocycles. The first-order chi connectivity index (χ1) is 14.2. The third kappa shape index (κ3) is 6.11. The van der Waals surface area contributed by atoms with E-state index in [0.29, 0.717) is 5.56 Å². The highest BCUT2D eigenvalue weighted by Crippen LogP contribution is 2.27. The number of unbranched alkanes of at least 4 members (excludes halogenated alkanes) is 1. The van der Waals surface area contributed by atoms with E-state index in [-0.39, 0.29) is 6.04 Å². The summed E-state index contributed by atoms with van der Waals surface area (Å²) in [6, 6.07) is 25.7. The Morgan fingerprint density at radius 1 is 0.931 bits per heavy atom. The van der Waals surface area contributed by atoms with Gasteiger partial charge in [-0.25, -0.2) is 4.79 Å². The zero-order chi connectivity index (χ0) is 20.5. The second-order valence-corrected chi connectivity index (χ2v) is 7.08. The summed E-state index contributed by atoms with van der Waals surface area (Å²) in [5.74, 6) is -0.0773. The van der Waals surface area contributed by atoms with Gasteiger partial charge in [0.25, 0.3) is 0 Å². The van der Waals surface area contributed by atoms with Crippen LogP contribution in [0.5, 0.6) is 5.75 Å². The molecule has 1 atom stereocenters. The summed E-state index contributed by atoms with van der Waals surface area (Å²) in [6.07, 6.45) is 4.27. The topological polar surface area (TPSA) is 58.6 Å². The molecule has 2 N–H and O–H groups in total. The maximum absolute atomic E-state index is 11.1. The summed E-state index contributed by atoms with van der Waals surface area (Å²) in [5, 5.41) is 12.7. The molecule has 150 valence electrons. The number of benzene rings is 3. The van der Waals surface area contributed by atoms with E-state index in [1.54, 1.807) is 19.2 Å². The zero-order valence-electron chi connectivity index (χ0n) is 16.7. The molecule has 29 heavy (non-hydrogen) atoms. The molecule has 4 heteroatoms. The molecule has 0 radical (unpaired) electrons. The van der Waals surface area contributed by atoms with Crippen molar-refractivity contribution < 1.29 is 14.6 Å². The first kappa shape index (κ1) is 20.5. The number of nitrogens with one attached hydrogen (secondary N) is 1. The molecule has 0 amide bonds. The van der Waals surface area contributed by atoms with Crippen molar-refractivity contribution in [1.82, 2.24) is 0 Å². The molecule has 0 aliphatic heterocycles. The fourth-order valence-corrected chi connectivity index (χ4v) is 3.39. The van der Waals surface area contributed by atoms with Gasteiger partial charge in [-0.2, -0.15) is 0 Å². The number of hydrogen-bond donors (Lipinski definition) is 2. The molecule has 0 aliphatic carbocycles. The van der Waals surface area contributed by atoms with Crippen LogP contribution < -0.4 is 10.1 Å². The van der Waals surface area contributed by atoms with Crippen molar-refractivity contribution in [2.24, 2.45) is 0 Å². The van der Waals surface area contributed by atoms with E-state index >= 15 is 0 Å². The van der Waals surface area contributed by atoms with Crippen LogP contribution in [0, 0.1) is 0 Å². The Balaban J connectivity index is 1.66. The van der Waals surface area contributed by atoms with E-state index in [1.165, 1.54) is 11.1 Å². The fraction of sp³-hybridized carbons (Fsp3) is 0.240. The molecule has 0 saturated carbocycles. The van der Waals surface area contributed by atoms with E-state index in [4.69, 9.17) is 9.84 Å². The minimum Gasteiger partial charge on any atom is -0.497 e. The Kier molecular flexibility index (Phi) is 7.28. The molecule has 0 aliphatic rings. The maximum Gasteiger partial charge on any atom is 0.335 e. The third-order valence-corrected chi connectivity index (χ3v) is 5.04. The predicted octanol–water partition coefficient (Wildman–Crippen LogP) is 5.96. The van der Waals surface area contributed by atoms with Gasteiger partial charge in [0, 0.05) is 5.69 Å². The van der Waals surface area contributed by atoms with Crippen LogP contribution in [0.4, 0.5) is 5.69 Å². The van der Waals surface area contributed by atoms with Crippen LogP contribution in [-0.4, -0.2) is 18.2 Å². The lowest BCUT2D eigenvalue weighted by atomic mass is 9.98. The predicted molar refractivity (Wildman–Crippen MR) is 117 cm³/mol. The standard InChI is InChI=1S/C25H27NO3/c1-29-23-17-13-20(14-18-23)24(10-6-5-9-19-7-3-2-4-8-19)26-22-15-11-21(12-16-22)25(27)28/h2-4,7-8,11-18,24,26H,5-6,9-10H2,1H3,(H,27,28). The highest BCUT2D eigenvalue weighted by atomic mass is 16.5. The van der Waals surface area contributed by atoms with Gasteiger partial charge in [-0.15, -0.1) is 0 Å². The van der Waals surface area contributed by atoms with E-state index in [2.05, 4.69) is 41.7 Å². The van der Waals surface area contributed by atoms with Crippen LogP contribution >= 0.6 is 0 Å². The number of carboxylic acid groups (broad SMARTS) is 1. The molecule has 0 aromatic heterocycles. The van der Waals surface area contributed by atoms with Crippen LogP contribution in [0.15, 0.2) is 78.9 Å². The van der Waals surface area contributed by atoms with Gasteiger partial charge in [0.2, 0.25) is 0 Å². The van der Waals surface area contributed by atoms with Gasteiger partial charge in [-0.05, 0) is 66.8 Å². The Hall–Kier alpha value is -3.27. The third-order valence-electron chi connectivity index (χ3n) is 5.04. The van der Waals surface area contributed by atoms with Gasteiger partial charge in [0.15, 0.2) is 0 Å². The number of anilines is 1. The summed E-state index contributed by atoms with van der Waals surface area (Å²) >= 11 is 0. The van der Waals surface area contributed by atoms with Gasteiger partial charge in [-0.3, -0.25) is 0 Å². The monoisotopic (exact) mass is 389 g/mol. The Labute approximate surface area is 172 Å². The second-order valence-electron chi connectivity index (χ2n) is 7.08. The smallest absolute Gasteiger partial charge is 0.335 e. The summed E-state index contributed by atoms with van der Waals surface area (Å²) in [4.78, 5) is 11.1. The summed E-state index contributed by atoms with van der Waals surface area (Å²) < 4.78 is 5.27. The van der Waals surface area contributed by atoms with Crippen molar-refractivity contribution >= 4 is 11.7 Å². The van der Waals surface area contributed by atoms with Crippen LogP contribution in [0.1, 0.15) is 46.8 Å². The van der Waals surface area contributed by atoms with Crippen molar-refractivity contribution in [1.29, 1.82) is 0 Å². The second kappa shape index (κ2) is 10.3. The van der Waals surface area contributed by atoms with E-state index < -0.39 is 5.97 Å². The van der Waals surface area contributed by atoms with E-state index in [9.17, 15) is 4.79 Å². The quantitative estimate of drug-likeness (QED) is 0.420. The average molecular weight is 389 g/mol. The number of ether oxygens (including phenoxy) is 1. The molecule has 3 rings (SSSR count). The molecule has 0 bridgehead atoms. The molecular weight excluding hydrogens is 362 g/mol. The molecule has 1 unspecified atom stereocenters. The minimum absolute atomic E-state index is 0.146. The summed E-state index contributed by atoms with van der Waals surface area (Å²) in [5.41, 5.74) is 3.76. The molecule has 0 fully saturated rings. The summed E-state index contributed by atoms with van der Waals surface area (Å²) in [6.45, 7) is 0. The van der Waals surface area contributed by atoms with Crippen molar-refractivity contribution in [3.63, 3.8) is 0 Å². The van der Waals surface area contributed by atoms with Crippen LogP contribution in [0.3, 0.4) is 0 Å². The van der Waals surface area contributed by atoms with Gasteiger partial charge in [-0.1, -0.05) is 48.9 Å². The van der Waals surface area contributed by atoms with Gasteiger partial charge in [0.1, 0.15) is 5.75 Å². The number of aromatic carboxylic acids is 1. The minimum atomic E-state index is -0.913. The van der Waals surface area contributed by atoms with Crippen molar-refractivity contribution in [3.05, 3.63) is 95.6 Å². The van der Waals surface area contributed by atoms with Gasteiger partial charge >= 0.3 is 5.97 Å². The highest BCUT2D eigenvalue weighted by molar-refractivity contribution is 5.88. The molecule has 0 spiro atoms. The first-order valence-electron chi connectivity index (χ1n) is 9.93. The van der Waals surface area contributed by atoms with Crippen molar-refractivity contribution in [2.45, 2.75) is 31.7 Å². The van der Waals surface area contributed by atoms with Crippen molar-refractivity contribution in [2.75, 3.05) is 12.4 Å². The van der Waals surface area contributed by atoms with E-state index in [0.717, 1.165) is 37.1 Å². The number of hydrogen-bond acceptors (Lipinski definition) is 3. The molecule has 3 aromatic rings. The zero-order valence-corrected chi connectivity index (χ0v) is 16.7. The van der Waals surface area contributed by atoms with Crippen LogP contribution in [0.25, 0.3) is 0 Å². The van der Waals surface area contributed by atoms with Gasteiger partial charge in [0.05, 0.1) is 18.7 Å². The number of methoxy groups -OCH3 is 1. The number of carbonyl (C=O) groups is 1. The Morgan fingerprint density at radius 3 is 2.24 bits per heavy atom. The summed E-state index contributed by atoms with van der Waals surface area (Å²) in [7, 11) is 1.67. The Bertz CT molecular complexity index is 890. The lowest BCUT2D eigenvalue weighted by Gasteiger charge is -2.21. The highest BCUT2D eigenvalue weighted by Gasteiger charge is 2.12. The van der Waals surface area contributed by atoms with Crippen LogP contribution in [-0.2, 0) is 6.42 Å². The molecule has 0 heterocycles. The first-order valence-corrected chi connectivity index (χ1v) is 9.93. The molecule has 4 nitrogen and oxygen atoms in total. The SMILES string of the molecule is COc1ccc(C(CCCCc2ccccc2)Nc2ccc(C(=O)O)cc2)cc1. The maximum atomic E-state index is 11.1. The van der Waals surface area contributed by atoms with Crippen LogP contribution in [0.2, 0.25) is 0 Å². The normalized spacial score (nSPS) is 11.6. The number of rotatable bonds is 10. The lowest BCUT2D eigenvalue weighted by molar-refractivity contribution is 0.0697. The lowest BCUT2D eigenvalue weighted by Crippen LogP contribution is -2.11. The number of carboxylic acids is 1. The molecule has 3 aromatic carbocycles. The number of aryl methyl sites for hydroxylation is 1. The average Bonchev–Trinajstić information content (AvgIpc) is 2.77. The van der Waals surface area contributed by atoms with Crippen molar-refractivity contribution in [3.8, 4) is 5.75 Å². The fourth-order valence-electron chi connectivity index (χ4n) is 3.39.